The molecule has 2 aliphatic rings. The highest BCUT2D eigenvalue weighted by Crippen LogP contribution is 2.38. The molecule has 27 heavy (non-hydrogen) atoms. The van der Waals surface area contributed by atoms with Crippen LogP contribution in [0.1, 0.15) is 47.9 Å². The Labute approximate surface area is 155 Å². The van der Waals surface area contributed by atoms with Crippen LogP contribution in [0.2, 0.25) is 0 Å². The van der Waals surface area contributed by atoms with Crippen molar-refractivity contribution >= 4 is 12.0 Å². The van der Waals surface area contributed by atoms with E-state index in [9.17, 15) is 9.59 Å². The highest BCUT2D eigenvalue weighted by atomic mass is 16.7. The fraction of sp³-hybridized carbons (Fsp3) is 0.444. The average molecular weight is 372 g/mol. The van der Waals surface area contributed by atoms with Crippen LogP contribution < -0.4 is 0 Å². The number of hydroxylamine groups is 2. The molecule has 2 aliphatic heterocycles. The Bertz CT molecular complexity index is 824. The number of urea groups is 1. The largest absolute Gasteiger partial charge is 0.460 e. The molecule has 4 rings (SSSR count). The van der Waals surface area contributed by atoms with Gasteiger partial charge in [-0.15, -0.1) is 0 Å². The fourth-order valence-electron chi connectivity index (χ4n) is 3.42. The summed E-state index contributed by atoms with van der Waals surface area (Å²) in [5, 5.41) is 5.11. The molecular weight excluding hydrogens is 352 g/mol. The molecule has 0 spiro atoms. The second-order valence-corrected chi connectivity index (χ2v) is 6.44. The molecule has 2 amide bonds. The van der Waals surface area contributed by atoms with Gasteiger partial charge in [0.2, 0.25) is 5.89 Å². The van der Waals surface area contributed by atoms with Crippen LogP contribution in [0.5, 0.6) is 0 Å². The smallest absolute Gasteiger partial charge is 0.379 e. The first-order valence-electron chi connectivity index (χ1n) is 8.94. The molecule has 9 nitrogen and oxygen atoms in total. The van der Waals surface area contributed by atoms with Gasteiger partial charge >= 0.3 is 12.0 Å². The molecule has 2 saturated heterocycles. The molecule has 2 atom stereocenters. The summed E-state index contributed by atoms with van der Waals surface area (Å²) in [7, 11) is 0. The molecule has 0 unspecified atom stereocenters. The van der Waals surface area contributed by atoms with Gasteiger partial charge < -0.3 is 14.2 Å². The van der Waals surface area contributed by atoms with Crippen molar-refractivity contribution in [2.24, 2.45) is 0 Å². The van der Waals surface area contributed by atoms with Crippen LogP contribution >= 0.6 is 0 Å². The minimum atomic E-state index is -0.637. The van der Waals surface area contributed by atoms with Gasteiger partial charge in [0, 0.05) is 6.54 Å². The van der Waals surface area contributed by atoms with Crippen molar-refractivity contribution in [3.8, 4) is 0 Å². The van der Waals surface area contributed by atoms with Crippen molar-refractivity contribution in [2.75, 3.05) is 13.2 Å². The maximum atomic E-state index is 12.8. The van der Waals surface area contributed by atoms with E-state index in [1.807, 2.05) is 30.3 Å². The number of fused-ring (bicyclic) bond motifs is 2. The maximum absolute atomic E-state index is 12.8. The Balaban J connectivity index is 1.44. The van der Waals surface area contributed by atoms with Crippen LogP contribution in [0.3, 0.4) is 0 Å². The van der Waals surface area contributed by atoms with E-state index in [0.29, 0.717) is 19.6 Å². The quantitative estimate of drug-likeness (QED) is 0.718. The average Bonchev–Trinajstić information content (AvgIpc) is 3.27. The van der Waals surface area contributed by atoms with E-state index in [2.05, 4.69) is 10.1 Å². The summed E-state index contributed by atoms with van der Waals surface area (Å²) in [6, 6.07) is 9.09. The topological polar surface area (TPSA) is 98.0 Å². The van der Waals surface area contributed by atoms with E-state index < -0.39 is 5.97 Å². The van der Waals surface area contributed by atoms with Gasteiger partial charge in [-0.05, 0) is 30.5 Å². The van der Waals surface area contributed by atoms with Gasteiger partial charge in [-0.25, -0.2) is 9.59 Å². The predicted octanol–water partition coefficient (Wildman–Crippen LogP) is 2.32. The van der Waals surface area contributed by atoms with Gasteiger partial charge in [0.15, 0.2) is 0 Å². The predicted molar refractivity (Wildman–Crippen MR) is 91.2 cm³/mol. The van der Waals surface area contributed by atoms with Gasteiger partial charge in [0.05, 0.1) is 12.6 Å². The Morgan fingerprint density at radius 3 is 2.89 bits per heavy atom. The van der Waals surface area contributed by atoms with E-state index in [1.165, 1.54) is 5.06 Å². The number of amides is 2. The fourth-order valence-corrected chi connectivity index (χ4v) is 3.42. The van der Waals surface area contributed by atoms with E-state index in [4.69, 9.17) is 14.1 Å². The Morgan fingerprint density at radius 1 is 1.30 bits per heavy atom. The van der Waals surface area contributed by atoms with Crippen LogP contribution in [-0.4, -0.2) is 51.3 Å². The monoisotopic (exact) mass is 372 g/mol. The van der Waals surface area contributed by atoms with E-state index in [1.54, 1.807) is 11.8 Å². The molecule has 9 heteroatoms. The van der Waals surface area contributed by atoms with Crippen LogP contribution in [-0.2, 0) is 16.2 Å². The highest BCUT2D eigenvalue weighted by Gasteiger charge is 2.48. The lowest BCUT2D eigenvalue weighted by molar-refractivity contribution is -0.140. The van der Waals surface area contributed by atoms with E-state index in [-0.39, 0.29) is 36.4 Å². The number of carbonyl (C=O) groups excluding carboxylic acids is 2. The number of hydrogen-bond donors (Lipinski definition) is 0. The van der Waals surface area contributed by atoms with Gasteiger partial charge in [0.25, 0.3) is 5.82 Å². The molecule has 1 aromatic carbocycles. The standard InChI is InChI=1S/C18H20N4O5/c1-2-25-17(23)15-19-16(27-20-15)14-9-8-13-10-21(14)18(24)22(13)26-11-12-6-4-3-5-7-12/h3-7,13-14H,2,8-11H2,1H3/t13-,14-/m1/s1. The molecule has 2 aromatic rings. The third-order valence-corrected chi connectivity index (χ3v) is 4.72. The van der Waals surface area contributed by atoms with Crippen LogP contribution in [0.15, 0.2) is 34.9 Å². The number of benzene rings is 1. The van der Waals surface area contributed by atoms with Gasteiger partial charge in [0.1, 0.15) is 12.6 Å². The summed E-state index contributed by atoms with van der Waals surface area (Å²) >= 11 is 0. The molecule has 142 valence electrons. The molecule has 0 aliphatic carbocycles. The summed E-state index contributed by atoms with van der Waals surface area (Å²) < 4.78 is 10.1. The SMILES string of the molecule is CCOC(=O)c1noc([C@H]2CC[C@@H]3CN2C(=O)N3OCc2ccccc2)n1. The summed E-state index contributed by atoms with van der Waals surface area (Å²) in [4.78, 5) is 36.0. The summed E-state index contributed by atoms with van der Waals surface area (Å²) in [6.07, 6.45) is 1.41. The number of nitrogens with zero attached hydrogens (tertiary/aromatic N) is 4. The van der Waals surface area contributed by atoms with Crippen molar-refractivity contribution in [1.82, 2.24) is 20.1 Å². The number of carbonyl (C=O) groups is 2. The summed E-state index contributed by atoms with van der Waals surface area (Å²) in [5.41, 5.74) is 0.995. The van der Waals surface area contributed by atoms with Gasteiger partial charge in [-0.1, -0.05) is 30.3 Å². The third-order valence-electron chi connectivity index (χ3n) is 4.72. The number of rotatable bonds is 6. The summed E-state index contributed by atoms with van der Waals surface area (Å²) in [5.74, 6) is -0.519. The van der Waals surface area contributed by atoms with Crippen molar-refractivity contribution in [1.29, 1.82) is 0 Å². The minimum Gasteiger partial charge on any atom is -0.460 e. The Hall–Kier alpha value is -2.94. The molecule has 2 bridgehead atoms. The zero-order chi connectivity index (χ0) is 18.8. The summed E-state index contributed by atoms with van der Waals surface area (Å²) in [6.45, 7) is 2.78. The Kier molecular flexibility index (Phi) is 4.76. The van der Waals surface area contributed by atoms with Crippen LogP contribution in [0.25, 0.3) is 0 Å². The molecule has 0 saturated carbocycles. The molecule has 3 heterocycles. The van der Waals surface area contributed by atoms with E-state index in [0.717, 1.165) is 12.0 Å². The van der Waals surface area contributed by atoms with Crippen molar-refractivity contribution in [3.63, 3.8) is 0 Å². The number of hydrogen-bond acceptors (Lipinski definition) is 7. The zero-order valence-corrected chi connectivity index (χ0v) is 14.9. The highest BCUT2D eigenvalue weighted by molar-refractivity contribution is 5.84. The lowest BCUT2D eigenvalue weighted by atomic mass is 10.0. The second kappa shape index (κ2) is 7.36. The molecule has 0 N–H and O–H groups in total. The van der Waals surface area contributed by atoms with Gasteiger partial charge in [-0.3, -0.25) is 4.84 Å². The first kappa shape index (κ1) is 17.5. The van der Waals surface area contributed by atoms with Crippen LogP contribution in [0, 0.1) is 0 Å². The van der Waals surface area contributed by atoms with Crippen molar-refractivity contribution in [3.05, 3.63) is 47.6 Å². The van der Waals surface area contributed by atoms with E-state index >= 15 is 0 Å². The first-order chi connectivity index (χ1) is 13.2. The number of piperidine rings is 1. The zero-order valence-electron chi connectivity index (χ0n) is 14.9. The number of ether oxygens (including phenoxy) is 1. The van der Waals surface area contributed by atoms with Crippen LogP contribution in [0.4, 0.5) is 4.79 Å². The van der Waals surface area contributed by atoms with Crippen molar-refractivity contribution in [2.45, 2.75) is 38.5 Å². The third kappa shape index (κ3) is 3.37. The lowest BCUT2D eigenvalue weighted by Gasteiger charge is -2.27. The minimum absolute atomic E-state index is 0.00934. The molecule has 1 aromatic heterocycles. The number of aromatic nitrogens is 2. The first-order valence-corrected chi connectivity index (χ1v) is 8.94. The number of esters is 1. The molecule has 0 radical (unpaired) electrons. The van der Waals surface area contributed by atoms with Gasteiger partial charge in [-0.2, -0.15) is 10.0 Å². The molecular formula is C18H20N4O5. The van der Waals surface area contributed by atoms with Crippen molar-refractivity contribution < 1.29 is 23.7 Å². The molecule has 2 fully saturated rings. The second-order valence-electron chi connectivity index (χ2n) is 6.44. The lowest BCUT2D eigenvalue weighted by Crippen LogP contribution is -2.34. The normalized spacial score (nSPS) is 21.6. The Morgan fingerprint density at radius 2 is 2.11 bits per heavy atom. The maximum Gasteiger partial charge on any atom is 0.379 e.